The van der Waals surface area contributed by atoms with Crippen LogP contribution < -0.4 is 0 Å². The molecule has 0 radical (unpaired) electrons. The Balaban J connectivity index is 1.49. The Morgan fingerprint density at radius 1 is 0.327 bits per heavy atom. The molecule has 0 aliphatic carbocycles. The summed E-state index contributed by atoms with van der Waals surface area (Å²) in [6.45, 7) is 0. The van der Waals surface area contributed by atoms with Gasteiger partial charge in [0.05, 0.1) is 22.8 Å². The van der Waals surface area contributed by atoms with Crippen molar-refractivity contribution in [1.82, 2.24) is 19.9 Å². The van der Waals surface area contributed by atoms with Gasteiger partial charge in [-0.2, -0.15) is 0 Å². The molecule has 0 amide bonds. The lowest BCUT2D eigenvalue weighted by molar-refractivity contribution is 1.31. The first-order chi connectivity index (χ1) is 25.4. The maximum atomic E-state index is 5.42. The molecule has 7 aromatic rings. The van der Waals surface area contributed by atoms with E-state index >= 15 is 0 Å². The first-order valence-electron chi connectivity index (χ1n) is 16.6. The van der Waals surface area contributed by atoms with Crippen molar-refractivity contribution in [2.45, 2.75) is 0 Å². The highest BCUT2D eigenvalue weighted by molar-refractivity contribution is 14.1. The highest BCUT2D eigenvalue weighted by Gasteiger charge is 2.19. The number of halogens is 4. The summed E-state index contributed by atoms with van der Waals surface area (Å²) in [7, 11) is 0. The average molecular weight is 1120 g/mol. The van der Waals surface area contributed by atoms with E-state index in [0.717, 1.165) is 104 Å². The van der Waals surface area contributed by atoms with E-state index in [4.69, 9.17) is 9.97 Å². The van der Waals surface area contributed by atoms with Crippen LogP contribution in [0.4, 0.5) is 0 Å². The van der Waals surface area contributed by atoms with Crippen LogP contribution in [0.3, 0.4) is 0 Å². The van der Waals surface area contributed by atoms with Gasteiger partial charge in [-0.15, -0.1) is 0 Å². The van der Waals surface area contributed by atoms with Gasteiger partial charge in [-0.1, -0.05) is 48.5 Å². The second-order valence-electron chi connectivity index (χ2n) is 12.5. The molecule has 0 saturated heterocycles. The van der Waals surface area contributed by atoms with Crippen LogP contribution in [-0.2, 0) is 0 Å². The highest BCUT2D eigenvalue weighted by Crippen LogP contribution is 2.39. The largest absolute Gasteiger partial charge is 0.354 e. The smallest absolute Gasteiger partial charge is 0.0737 e. The molecule has 0 saturated carbocycles. The van der Waals surface area contributed by atoms with E-state index < -0.39 is 0 Å². The van der Waals surface area contributed by atoms with E-state index in [9.17, 15) is 0 Å². The van der Waals surface area contributed by atoms with Gasteiger partial charge in [0.15, 0.2) is 0 Å². The van der Waals surface area contributed by atoms with Crippen molar-refractivity contribution in [3.05, 3.63) is 158 Å². The van der Waals surface area contributed by atoms with E-state index in [1.165, 1.54) is 0 Å². The topological polar surface area (TPSA) is 57.4 Å². The molecule has 52 heavy (non-hydrogen) atoms. The molecule has 3 aromatic heterocycles. The minimum absolute atomic E-state index is 0.906. The van der Waals surface area contributed by atoms with Crippen LogP contribution >= 0.6 is 90.4 Å². The Morgan fingerprint density at radius 2 is 0.577 bits per heavy atom. The molecule has 8 bridgehead atoms. The molecule has 2 aliphatic heterocycles. The normalized spacial score (nSPS) is 12.1. The third-order valence-corrected chi connectivity index (χ3v) is 11.9. The summed E-state index contributed by atoms with van der Waals surface area (Å²) in [5.41, 5.74) is 16.2. The van der Waals surface area contributed by atoms with Gasteiger partial charge in [0.2, 0.25) is 0 Å². The summed E-state index contributed by atoms with van der Waals surface area (Å²) in [5.74, 6) is 0. The van der Waals surface area contributed by atoms with Gasteiger partial charge in [-0.25, -0.2) is 9.97 Å². The lowest BCUT2D eigenvalue weighted by atomic mass is 10.0. The van der Waals surface area contributed by atoms with E-state index in [2.05, 4.69) is 246 Å². The molecule has 250 valence electrons. The van der Waals surface area contributed by atoms with Gasteiger partial charge in [0.1, 0.15) is 0 Å². The number of hydrogen-bond acceptors (Lipinski definition) is 2. The van der Waals surface area contributed by atoms with Crippen LogP contribution in [0.15, 0.2) is 121 Å². The van der Waals surface area contributed by atoms with Crippen molar-refractivity contribution >= 4 is 137 Å². The number of rotatable bonds is 4. The number of aromatic amines is 2. The molecule has 9 rings (SSSR count). The quantitative estimate of drug-likeness (QED) is 0.173. The minimum Gasteiger partial charge on any atom is -0.354 e. The summed E-state index contributed by atoms with van der Waals surface area (Å²) in [6, 6.07) is 43.2. The fraction of sp³-hybridized carbons (Fsp3) is 0. The van der Waals surface area contributed by atoms with E-state index in [0.29, 0.717) is 0 Å². The second-order valence-corrected chi connectivity index (χ2v) is 17.5. The molecule has 4 nitrogen and oxygen atoms in total. The van der Waals surface area contributed by atoms with Crippen LogP contribution in [0.2, 0.25) is 0 Å². The molecular weight excluding hydrogens is 1090 g/mol. The van der Waals surface area contributed by atoms with Crippen molar-refractivity contribution < 1.29 is 0 Å². The number of aromatic nitrogens is 4. The number of hydrogen-bond donors (Lipinski definition) is 2. The highest BCUT2D eigenvalue weighted by atomic mass is 127. The zero-order chi connectivity index (χ0) is 35.3. The van der Waals surface area contributed by atoms with Crippen LogP contribution in [0, 0.1) is 14.3 Å². The molecule has 0 unspecified atom stereocenters. The SMILES string of the molecule is Ic1cccc(-c2c3nc(c(-c4cccc(I)c4)c4ccc([nH]4)c(-c4cccc(I)c4)c4nc(c(-c5cccc(I)c5)c5ccc2[nH]5)C=C4)C=C3)c1. The maximum Gasteiger partial charge on any atom is 0.0737 e. The number of fused-ring (bicyclic) bond motifs is 8. The number of H-pyrrole nitrogens is 2. The Kier molecular flexibility index (Phi) is 9.42. The Hall–Kier alpha value is -3.60. The summed E-state index contributed by atoms with van der Waals surface area (Å²) in [5, 5.41) is 0. The standard InChI is InChI=1S/C44H26I4N4/c45-29-9-1-5-25(21-29)41-33-13-15-35(49-33)42(26-6-2-10-30(46)22-26)37-17-19-39(51-37)44(28-8-4-12-32(48)24-28)40-20-18-38(52-40)43(36-16-14-34(41)50-36)27-7-3-11-31(47)23-27/h1-24,49,52H. The number of nitrogens with one attached hydrogen (secondary N) is 2. The van der Waals surface area contributed by atoms with Crippen LogP contribution in [0.25, 0.3) is 90.9 Å². The lowest BCUT2D eigenvalue weighted by Gasteiger charge is -2.08. The predicted molar refractivity (Wildman–Crippen MR) is 251 cm³/mol. The molecule has 0 spiro atoms. The average Bonchev–Trinajstić information content (AvgIpc) is 3.96. The summed E-state index contributed by atoms with van der Waals surface area (Å²) in [4.78, 5) is 18.5. The van der Waals surface area contributed by atoms with Gasteiger partial charge in [0.25, 0.3) is 0 Å². The molecule has 0 atom stereocenters. The molecule has 4 aromatic carbocycles. The van der Waals surface area contributed by atoms with Crippen molar-refractivity contribution in [1.29, 1.82) is 0 Å². The molecular formula is C44H26I4N4. The summed E-state index contributed by atoms with van der Waals surface area (Å²) < 4.78 is 4.66. The molecule has 2 aliphatic rings. The van der Waals surface area contributed by atoms with Gasteiger partial charge in [-0.05, 0) is 210 Å². The summed E-state index contributed by atoms with van der Waals surface area (Å²) >= 11 is 9.57. The lowest BCUT2D eigenvalue weighted by Crippen LogP contribution is -1.90. The molecule has 0 fully saturated rings. The van der Waals surface area contributed by atoms with E-state index in [-0.39, 0.29) is 0 Å². The third kappa shape index (κ3) is 6.60. The van der Waals surface area contributed by atoms with Crippen LogP contribution in [0.5, 0.6) is 0 Å². The predicted octanol–water partition coefficient (Wildman–Crippen LogP) is 13.7. The maximum absolute atomic E-state index is 5.42. The van der Waals surface area contributed by atoms with Crippen LogP contribution in [0.1, 0.15) is 22.8 Å². The molecule has 5 heterocycles. The van der Waals surface area contributed by atoms with Gasteiger partial charge in [-0.3, -0.25) is 0 Å². The van der Waals surface area contributed by atoms with E-state index in [1.807, 2.05) is 0 Å². The third-order valence-electron chi connectivity index (χ3n) is 9.21. The Morgan fingerprint density at radius 3 is 0.808 bits per heavy atom. The van der Waals surface area contributed by atoms with Crippen molar-refractivity contribution in [3.8, 4) is 44.5 Å². The molecule has 8 heteroatoms. The zero-order valence-electron chi connectivity index (χ0n) is 27.3. The minimum atomic E-state index is 0.906. The number of nitrogens with zero attached hydrogens (tertiary/aromatic N) is 2. The van der Waals surface area contributed by atoms with Crippen molar-refractivity contribution in [3.63, 3.8) is 0 Å². The van der Waals surface area contributed by atoms with E-state index in [1.54, 1.807) is 0 Å². The Bertz CT molecular complexity index is 2440. The Labute approximate surface area is 355 Å². The van der Waals surface area contributed by atoms with Crippen LogP contribution in [-0.4, -0.2) is 19.9 Å². The fourth-order valence-corrected chi connectivity index (χ4v) is 9.17. The molecule has 2 N–H and O–H groups in total. The first-order valence-corrected chi connectivity index (χ1v) is 20.9. The number of benzene rings is 4. The summed E-state index contributed by atoms with van der Waals surface area (Å²) in [6.07, 6.45) is 8.61. The first kappa shape index (κ1) is 34.2. The van der Waals surface area contributed by atoms with Crippen molar-refractivity contribution in [2.75, 3.05) is 0 Å². The fourth-order valence-electron chi connectivity index (χ4n) is 7.00. The second kappa shape index (κ2) is 14.3. The van der Waals surface area contributed by atoms with Crippen molar-refractivity contribution in [2.24, 2.45) is 0 Å². The van der Waals surface area contributed by atoms with Gasteiger partial charge < -0.3 is 9.97 Å². The van der Waals surface area contributed by atoms with Gasteiger partial charge in [0, 0.05) is 58.6 Å². The zero-order valence-corrected chi connectivity index (χ0v) is 35.9. The monoisotopic (exact) mass is 1120 g/mol. The van der Waals surface area contributed by atoms with Gasteiger partial charge >= 0.3 is 0 Å².